The van der Waals surface area contributed by atoms with Gasteiger partial charge in [-0.2, -0.15) is 0 Å². The topological polar surface area (TPSA) is 92.1 Å². The summed E-state index contributed by atoms with van der Waals surface area (Å²) in [6, 6.07) is 17.6. The van der Waals surface area contributed by atoms with Gasteiger partial charge in [-0.3, -0.25) is 0 Å². The van der Waals surface area contributed by atoms with Gasteiger partial charge in [-0.25, -0.2) is 4.79 Å². The maximum atomic E-state index is 12.8. The molecule has 0 atom stereocenters. The van der Waals surface area contributed by atoms with Crippen molar-refractivity contribution in [2.24, 2.45) is 4.88 Å². The van der Waals surface area contributed by atoms with Crippen molar-refractivity contribution < 1.29 is 14.1 Å². The van der Waals surface area contributed by atoms with E-state index < -0.39 is 7.29 Å². The van der Waals surface area contributed by atoms with E-state index in [-0.39, 0.29) is 5.97 Å². The lowest BCUT2D eigenvalue weighted by molar-refractivity contribution is -0.135. The summed E-state index contributed by atoms with van der Waals surface area (Å²) in [5, 5.41) is 1.09. The Morgan fingerprint density at radius 1 is 1.07 bits per heavy atom. The molecule has 1 aliphatic carbocycles. The van der Waals surface area contributed by atoms with Crippen LogP contribution in [0, 0.1) is 0 Å². The third kappa shape index (κ3) is 5.32. The smallest absolute Gasteiger partial charge is 0.338 e. The summed E-state index contributed by atoms with van der Waals surface area (Å²) in [5.74, 6) is -0.238. The Hall–Kier alpha value is -2.34. The van der Waals surface area contributed by atoms with E-state index in [1.165, 1.54) is 7.11 Å². The zero-order valence-corrected chi connectivity index (χ0v) is 17.6. The SMILES string of the molecule is COC(=O)C1=CCC=C1I.[N-]=[N+]=NP(=O)(c1ccccc1)c1ccccc1. The second-order valence-corrected chi connectivity index (χ2v) is 8.85. The standard InChI is InChI=1S/C12H10N3OP.C7H7IO2/c13-14-15-17(16,11-7-3-1-4-8-11)12-9-5-2-6-10-12;1-10-7(9)5-3-2-4-6(5)8/h1-10H;3-4H,2H2,1H3. The third-order valence-electron chi connectivity index (χ3n) is 3.66. The summed E-state index contributed by atoms with van der Waals surface area (Å²) >= 11 is 2.12. The average Bonchev–Trinajstić information content (AvgIpc) is 3.15. The zero-order valence-electron chi connectivity index (χ0n) is 14.5. The highest BCUT2D eigenvalue weighted by atomic mass is 127. The Morgan fingerprint density at radius 3 is 1.96 bits per heavy atom. The maximum Gasteiger partial charge on any atom is 0.338 e. The van der Waals surface area contributed by atoms with Crippen molar-refractivity contribution in [2.75, 3.05) is 7.11 Å². The fourth-order valence-corrected chi connectivity index (χ4v) is 4.81. The molecule has 2 aromatic rings. The van der Waals surface area contributed by atoms with Crippen molar-refractivity contribution in [3.63, 3.8) is 0 Å². The Kier molecular flexibility index (Phi) is 7.85. The van der Waals surface area contributed by atoms with E-state index >= 15 is 0 Å². The summed E-state index contributed by atoms with van der Waals surface area (Å²) in [5.41, 5.74) is 9.31. The van der Waals surface area contributed by atoms with E-state index in [2.05, 4.69) is 37.1 Å². The number of hydrogen-bond donors (Lipinski definition) is 0. The fourth-order valence-electron chi connectivity index (χ4n) is 2.35. The summed E-state index contributed by atoms with van der Waals surface area (Å²) in [6.07, 6.45) is 4.71. The number of nitrogens with zero attached hydrogens (tertiary/aromatic N) is 3. The van der Waals surface area contributed by atoms with Crippen LogP contribution in [-0.4, -0.2) is 13.1 Å². The molecular weight excluding hydrogens is 476 g/mol. The molecule has 0 N–H and O–H groups in total. The van der Waals surface area contributed by atoms with Crippen LogP contribution in [0.5, 0.6) is 0 Å². The summed E-state index contributed by atoms with van der Waals surface area (Å²) < 4.78 is 18.3. The largest absolute Gasteiger partial charge is 0.465 e. The van der Waals surface area contributed by atoms with E-state index in [0.29, 0.717) is 16.2 Å². The lowest BCUT2D eigenvalue weighted by Gasteiger charge is -2.12. The predicted octanol–water partition coefficient (Wildman–Crippen LogP) is 5.03. The maximum absolute atomic E-state index is 12.8. The molecule has 0 saturated carbocycles. The van der Waals surface area contributed by atoms with E-state index in [4.69, 9.17) is 5.53 Å². The number of carbonyl (C=O) groups is 1. The summed E-state index contributed by atoms with van der Waals surface area (Å²) in [4.78, 5) is 17.1. The number of carbonyl (C=O) groups excluding carboxylic acids is 1. The Labute approximate surface area is 171 Å². The molecule has 0 unspecified atom stereocenters. The lowest BCUT2D eigenvalue weighted by atomic mass is 10.3. The van der Waals surface area contributed by atoms with Crippen LogP contribution in [0.4, 0.5) is 0 Å². The molecule has 0 fully saturated rings. The first kappa shape index (κ1) is 21.0. The Morgan fingerprint density at radius 2 is 1.59 bits per heavy atom. The quantitative estimate of drug-likeness (QED) is 0.149. The predicted molar refractivity (Wildman–Crippen MR) is 116 cm³/mol. The first-order valence-corrected chi connectivity index (χ1v) is 10.7. The van der Waals surface area contributed by atoms with Crippen LogP contribution >= 0.6 is 29.9 Å². The highest BCUT2D eigenvalue weighted by Crippen LogP contribution is 2.44. The van der Waals surface area contributed by atoms with Crippen molar-refractivity contribution in [3.8, 4) is 0 Å². The van der Waals surface area contributed by atoms with Gasteiger partial charge in [-0.15, -0.1) is 0 Å². The van der Waals surface area contributed by atoms with Crippen LogP contribution in [0.15, 0.2) is 86.9 Å². The van der Waals surface area contributed by atoms with Crippen molar-refractivity contribution in [3.05, 3.63) is 92.4 Å². The zero-order chi connectivity index (χ0) is 19.7. The average molecular weight is 493 g/mol. The van der Waals surface area contributed by atoms with Gasteiger partial charge >= 0.3 is 5.97 Å². The molecule has 0 aromatic heterocycles. The number of ether oxygens (including phenoxy) is 1. The van der Waals surface area contributed by atoms with Crippen LogP contribution in [-0.2, 0) is 14.1 Å². The van der Waals surface area contributed by atoms with E-state index in [1.54, 1.807) is 48.5 Å². The first-order valence-electron chi connectivity index (χ1n) is 7.95. The van der Waals surface area contributed by atoms with Crippen molar-refractivity contribution >= 4 is 46.5 Å². The van der Waals surface area contributed by atoms with Crippen LogP contribution < -0.4 is 10.6 Å². The minimum absolute atomic E-state index is 0.238. The minimum Gasteiger partial charge on any atom is -0.465 e. The highest BCUT2D eigenvalue weighted by Gasteiger charge is 2.25. The van der Waals surface area contributed by atoms with E-state index in [9.17, 15) is 9.36 Å². The molecule has 0 radical (unpaired) electrons. The highest BCUT2D eigenvalue weighted by molar-refractivity contribution is 14.1. The number of halogens is 1. The van der Waals surface area contributed by atoms with Gasteiger partial charge in [0.2, 0.25) is 7.29 Å². The van der Waals surface area contributed by atoms with Gasteiger partial charge < -0.3 is 9.30 Å². The van der Waals surface area contributed by atoms with Gasteiger partial charge in [-0.1, -0.05) is 72.8 Å². The normalized spacial score (nSPS) is 12.7. The van der Waals surface area contributed by atoms with Crippen molar-refractivity contribution in [2.45, 2.75) is 6.42 Å². The molecule has 3 rings (SSSR count). The van der Waals surface area contributed by atoms with E-state index in [1.807, 2.05) is 24.3 Å². The van der Waals surface area contributed by atoms with Gasteiger partial charge in [0.25, 0.3) is 0 Å². The number of rotatable bonds is 4. The van der Waals surface area contributed by atoms with Gasteiger partial charge in [-0.05, 0) is 39.4 Å². The minimum atomic E-state index is -3.22. The van der Waals surface area contributed by atoms with Crippen LogP contribution in [0.3, 0.4) is 0 Å². The van der Waals surface area contributed by atoms with Gasteiger partial charge in [0.1, 0.15) is 0 Å². The number of hydrogen-bond acceptors (Lipinski definition) is 3. The second kappa shape index (κ2) is 10.1. The number of methoxy groups -OCH3 is 1. The number of esters is 1. The number of azide groups is 1. The monoisotopic (exact) mass is 493 g/mol. The Balaban J connectivity index is 0.000000223. The molecule has 0 spiro atoms. The van der Waals surface area contributed by atoms with Gasteiger partial charge in [0.15, 0.2) is 0 Å². The van der Waals surface area contributed by atoms with Gasteiger partial charge in [0.05, 0.1) is 12.7 Å². The van der Waals surface area contributed by atoms with Crippen LogP contribution in [0.25, 0.3) is 10.4 Å². The van der Waals surface area contributed by atoms with Crippen molar-refractivity contribution in [1.29, 1.82) is 0 Å². The molecule has 0 aliphatic heterocycles. The molecule has 6 nitrogen and oxygen atoms in total. The van der Waals surface area contributed by atoms with Crippen molar-refractivity contribution in [1.82, 2.24) is 0 Å². The number of benzene rings is 2. The first-order chi connectivity index (χ1) is 13.0. The molecule has 2 aromatic carbocycles. The molecule has 1 aliphatic rings. The summed E-state index contributed by atoms with van der Waals surface area (Å²) in [6.45, 7) is 0. The second-order valence-electron chi connectivity index (χ2n) is 5.32. The van der Waals surface area contributed by atoms with Gasteiger partial charge in [0, 0.05) is 19.1 Å². The third-order valence-corrected chi connectivity index (χ3v) is 7.01. The Bertz CT molecular complexity index is 909. The molecule has 0 bridgehead atoms. The lowest BCUT2D eigenvalue weighted by Crippen LogP contribution is -2.13. The molecule has 0 heterocycles. The van der Waals surface area contributed by atoms with Crippen LogP contribution in [0.1, 0.15) is 6.42 Å². The summed E-state index contributed by atoms with van der Waals surface area (Å²) in [7, 11) is -1.82. The molecule has 0 saturated heterocycles. The van der Waals surface area contributed by atoms with E-state index in [0.717, 1.165) is 10.0 Å². The number of allylic oxidation sites excluding steroid dienone is 2. The molecule has 27 heavy (non-hydrogen) atoms. The molecule has 8 heteroatoms. The molecule has 138 valence electrons. The molecule has 0 amide bonds. The molecular formula is C19H17IN3O3P. The fraction of sp³-hybridized carbons (Fsp3) is 0.105. The van der Waals surface area contributed by atoms with Crippen LogP contribution in [0.2, 0.25) is 0 Å².